The number of methoxy groups -OCH3 is 1. The van der Waals surface area contributed by atoms with Gasteiger partial charge in [0.15, 0.2) is 11.5 Å². The van der Waals surface area contributed by atoms with Gasteiger partial charge < -0.3 is 14.7 Å². The summed E-state index contributed by atoms with van der Waals surface area (Å²) in [6, 6.07) is 15.2. The van der Waals surface area contributed by atoms with Gasteiger partial charge in [-0.25, -0.2) is 0 Å². The molecule has 2 aromatic rings. The van der Waals surface area contributed by atoms with E-state index >= 15 is 0 Å². The second kappa shape index (κ2) is 6.44. The molecule has 0 amide bonds. The summed E-state index contributed by atoms with van der Waals surface area (Å²) >= 11 is 0. The summed E-state index contributed by atoms with van der Waals surface area (Å²) in [5, 5.41) is 11.7. The molecule has 4 nitrogen and oxygen atoms in total. The molecule has 19 heavy (non-hydrogen) atoms. The molecule has 0 saturated carbocycles. The van der Waals surface area contributed by atoms with Gasteiger partial charge in [-0.15, -0.1) is 0 Å². The molecular weight excluding hydrogens is 242 g/mol. The molecule has 0 heterocycles. The molecule has 0 aliphatic heterocycles. The summed E-state index contributed by atoms with van der Waals surface area (Å²) in [6.45, 7) is 0.424. The summed E-state index contributed by atoms with van der Waals surface area (Å²) < 4.78 is 11.0. The van der Waals surface area contributed by atoms with Gasteiger partial charge in [-0.2, -0.15) is 0 Å². The third-order valence-electron chi connectivity index (χ3n) is 2.65. The molecule has 2 aromatic carbocycles. The molecule has 0 spiro atoms. The van der Waals surface area contributed by atoms with E-state index in [0.717, 1.165) is 5.56 Å². The Morgan fingerprint density at radius 2 is 1.89 bits per heavy atom. The third kappa shape index (κ3) is 3.25. The smallest absolute Gasteiger partial charge is 0.170 e. The molecular formula is C15H15NO3. The molecule has 0 aromatic heterocycles. The molecule has 0 atom stereocenters. The van der Waals surface area contributed by atoms with Crippen LogP contribution < -0.4 is 9.47 Å². The maximum Gasteiger partial charge on any atom is 0.170 e. The normalized spacial score (nSPS) is 10.6. The van der Waals surface area contributed by atoms with Crippen LogP contribution in [0.1, 0.15) is 11.1 Å². The second-order valence-corrected chi connectivity index (χ2v) is 3.90. The van der Waals surface area contributed by atoms with Crippen LogP contribution in [0.25, 0.3) is 0 Å². The van der Waals surface area contributed by atoms with Crippen LogP contribution in [0.5, 0.6) is 11.5 Å². The number of hydrogen-bond donors (Lipinski definition) is 1. The molecule has 1 N–H and O–H groups in total. The van der Waals surface area contributed by atoms with Crippen molar-refractivity contribution in [2.45, 2.75) is 6.61 Å². The Morgan fingerprint density at radius 3 is 2.58 bits per heavy atom. The zero-order chi connectivity index (χ0) is 13.5. The number of benzene rings is 2. The Bertz CT molecular complexity index is 553. The van der Waals surface area contributed by atoms with Gasteiger partial charge in [0.2, 0.25) is 0 Å². The molecule has 0 aliphatic carbocycles. The van der Waals surface area contributed by atoms with E-state index in [-0.39, 0.29) is 0 Å². The van der Waals surface area contributed by atoms with Gasteiger partial charge in [0.1, 0.15) is 6.61 Å². The molecule has 2 rings (SSSR count). The first-order chi connectivity index (χ1) is 9.35. The first-order valence-corrected chi connectivity index (χ1v) is 5.86. The molecule has 0 saturated heterocycles. The zero-order valence-corrected chi connectivity index (χ0v) is 10.6. The van der Waals surface area contributed by atoms with Crippen molar-refractivity contribution in [2.75, 3.05) is 7.11 Å². The van der Waals surface area contributed by atoms with E-state index in [4.69, 9.17) is 14.7 Å². The molecule has 0 radical (unpaired) electrons. The summed E-state index contributed by atoms with van der Waals surface area (Å²) in [4.78, 5) is 0. The van der Waals surface area contributed by atoms with Gasteiger partial charge in [-0.1, -0.05) is 41.6 Å². The summed E-state index contributed by atoms with van der Waals surface area (Å²) in [5.41, 5.74) is 1.72. The van der Waals surface area contributed by atoms with E-state index in [9.17, 15) is 0 Å². The lowest BCUT2D eigenvalue weighted by atomic mass is 10.2. The van der Waals surface area contributed by atoms with Gasteiger partial charge in [0.25, 0.3) is 0 Å². The highest BCUT2D eigenvalue weighted by Crippen LogP contribution is 2.30. The van der Waals surface area contributed by atoms with Crippen molar-refractivity contribution in [3.8, 4) is 11.5 Å². The molecule has 0 unspecified atom stereocenters. The first kappa shape index (κ1) is 13.0. The predicted molar refractivity (Wildman–Crippen MR) is 73.1 cm³/mol. The van der Waals surface area contributed by atoms with Crippen LogP contribution in [-0.2, 0) is 6.61 Å². The Hall–Kier alpha value is -2.49. The van der Waals surface area contributed by atoms with Crippen molar-refractivity contribution in [3.05, 3.63) is 59.7 Å². The van der Waals surface area contributed by atoms with E-state index in [1.165, 1.54) is 6.21 Å². The Balaban J connectivity index is 2.22. The molecule has 0 bridgehead atoms. The SMILES string of the molecule is COc1cccc(/C=N\O)c1OCc1ccccc1. The van der Waals surface area contributed by atoms with Gasteiger partial charge in [0, 0.05) is 5.56 Å². The van der Waals surface area contributed by atoms with Gasteiger partial charge >= 0.3 is 0 Å². The largest absolute Gasteiger partial charge is 0.493 e. The van der Waals surface area contributed by atoms with E-state index in [1.54, 1.807) is 19.2 Å². The van der Waals surface area contributed by atoms with Crippen molar-refractivity contribution in [1.29, 1.82) is 0 Å². The van der Waals surface area contributed by atoms with Crippen molar-refractivity contribution >= 4 is 6.21 Å². The quantitative estimate of drug-likeness (QED) is 0.508. The first-order valence-electron chi connectivity index (χ1n) is 5.86. The average Bonchev–Trinajstić information content (AvgIpc) is 2.47. The van der Waals surface area contributed by atoms with E-state index in [2.05, 4.69) is 5.16 Å². The lowest BCUT2D eigenvalue weighted by molar-refractivity contribution is 0.283. The maximum atomic E-state index is 8.67. The molecule has 98 valence electrons. The Labute approximate surface area is 111 Å². The zero-order valence-electron chi connectivity index (χ0n) is 10.6. The van der Waals surface area contributed by atoms with E-state index < -0.39 is 0 Å². The van der Waals surface area contributed by atoms with Crippen molar-refractivity contribution < 1.29 is 14.7 Å². The third-order valence-corrected chi connectivity index (χ3v) is 2.65. The standard InChI is InChI=1S/C15H15NO3/c1-18-14-9-5-8-13(10-16-17)15(14)19-11-12-6-3-2-4-7-12/h2-10,17H,11H2,1H3/b16-10-. The van der Waals surface area contributed by atoms with Crippen LogP contribution in [0.2, 0.25) is 0 Å². The average molecular weight is 257 g/mol. The number of rotatable bonds is 5. The van der Waals surface area contributed by atoms with Crippen LogP contribution in [0.15, 0.2) is 53.7 Å². The predicted octanol–water partition coefficient (Wildman–Crippen LogP) is 3.08. The number of nitrogens with zero attached hydrogens (tertiary/aromatic N) is 1. The lowest BCUT2D eigenvalue weighted by Crippen LogP contribution is -2.00. The highest BCUT2D eigenvalue weighted by atomic mass is 16.5. The highest BCUT2D eigenvalue weighted by Gasteiger charge is 2.09. The van der Waals surface area contributed by atoms with Gasteiger partial charge in [0.05, 0.1) is 13.3 Å². The van der Waals surface area contributed by atoms with Crippen LogP contribution in [0, 0.1) is 0 Å². The molecule has 4 heteroatoms. The second-order valence-electron chi connectivity index (χ2n) is 3.90. The fraction of sp³-hybridized carbons (Fsp3) is 0.133. The lowest BCUT2D eigenvalue weighted by Gasteiger charge is -2.12. The minimum absolute atomic E-state index is 0.424. The van der Waals surface area contributed by atoms with Crippen LogP contribution in [0.4, 0.5) is 0 Å². The summed E-state index contributed by atoms with van der Waals surface area (Å²) in [6.07, 6.45) is 1.32. The Kier molecular flexibility index (Phi) is 4.39. The minimum atomic E-state index is 0.424. The monoisotopic (exact) mass is 257 g/mol. The van der Waals surface area contributed by atoms with Gasteiger partial charge in [-0.05, 0) is 17.7 Å². The van der Waals surface area contributed by atoms with Gasteiger partial charge in [-0.3, -0.25) is 0 Å². The van der Waals surface area contributed by atoms with Crippen LogP contribution in [0.3, 0.4) is 0 Å². The van der Waals surface area contributed by atoms with E-state index in [0.29, 0.717) is 23.7 Å². The topological polar surface area (TPSA) is 51.0 Å². The van der Waals surface area contributed by atoms with Crippen molar-refractivity contribution in [2.24, 2.45) is 5.16 Å². The fourth-order valence-electron chi connectivity index (χ4n) is 1.74. The number of hydrogen-bond acceptors (Lipinski definition) is 4. The van der Waals surface area contributed by atoms with Crippen molar-refractivity contribution in [3.63, 3.8) is 0 Å². The van der Waals surface area contributed by atoms with E-state index in [1.807, 2.05) is 36.4 Å². The van der Waals surface area contributed by atoms with Crippen LogP contribution >= 0.6 is 0 Å². The molecule has 0 aliphatic rings. The Morgan fingerprint density at radius 1 is 1.11 bits per heavy atom. The fourth-order valence-corrected chi connectivity index (χ4v) is 1.74. The number of oxime groups is 1. The maximum absolute atomic E-state index is 8.67. The van der Waals surface area contributed by atoms with Crippen LogP contribution in [-0.4, -0.2) is 18.5 Å². The number of para-hydroxylation sites is 1. The minimum Gasteiger partial charge on any atom is -0.493 e. The summed E-state index contributed by atoms with van der Waals surface area (Å²) in [5.74, 6) is 1.17. The highest BCUT2D eigenvalue weighted by molar-refractivity contribution is 5.84. The van der Waals surface area contributed by atoms with Crippen molar-refractivity contribution in [1.82, 2.24) is 0 Å². The molecule has 0 fully saturated rings. The summed E-state index contributed by atoms with van der Waals surface area (Å²) in [7, 11) is 1.57. The number of ether oxygens (including phenoxy) is 2.